The Balaban J connectivity index is 1.78. The maximum Gasteiger partial charge on any atom is 0.261 e. The van der Waals surface area contributed by atoms with Crippen LogP contribution in [0.25, 0.3) is 0 Å². The maximum absolute atomic E-state index is 12.8. The van der Waals surface area contributed by atoms with Gasteiger partial charge in [-0.3, -0.25) is 9.52 Å². The molecule has 2 aromatic rings. The summed E-state index contributed by atoms with van der Waals surface area (Å²) in [5, 5.41) is 2.81. The van der Waals surface area contributed by atoms with Gasteiger partial charge in [0.2, 0.25) is 0 Å². The fraction of sp³-hybridized carbons (Fsp3) is 0.316. The number of para-hydroxylation sites is 1. The minimum atomic E-state index is -3.89. The van der Waals surface area contributed by atoms with Crippen LogP contribution >= 0.6 is 15.9 Å². The number of methoxy groups -OCH3 is 1. The number of amides is 1. The van der Waals surface area contributed by atoms with Gasteiger partial charge in [0.05, 0.1) is 33.8 Å². The smallest absolute Gasteiger partial charge is 0.261 e. The summed E-state index contributed by atoms with van der Waals surface area (Å²) in [5.74, 6) is 0.164. The van der Waals surface area contributed by atoms with Gasteiger partial charge in [-0.15, -0.1) is 0 Å². The first-order valence-corrected chi connectivity index (χ1v) is 11.0. The van der Waals surface area contributed by atoms with Gasteiger partial charge < -0.3 is 14.8 Å². The number of rotatable bonds is 7. The maximum atomic E-state index is 12.8. The summed E-state index contributed by atoms with van der Waals surface area (Å²) in [5.41, 5.74) is 0.455. The standard InChI is InChI=1S/C19H21BrN2O5S/c1-26-18-9-8-14(11-16(18)20)28(24,25)22-17-7-3-2-6-15(17)19(23)21-12-13-5-4-10-27-13/h2-3,6-9,11,13,22H,4-5,10,12H2,1H3,(H,21,23)/t13-/m0/s1. The molecule has 9 heteroatoms. The molecule has 1 aliphatic rings. The molecule has 1 aliphatic heterocycles. The molecule has 1 saturated heterocycles. The van der Waals surface area contributed by atoms with Crippen LogP contribution in [0, 0.1) is 0 Å². The van der Waals surface area contributed by atoms with Crippen LogP contribution in [-0.2, 0) is 14.8 Å². The van der Waals surface area contributed by atoms with Crippen LogP contribution in [0.3, 0.4) is 0 Å². The molecule has 7 nitrogen and oxygen atoms in total. The van der Waals surface area contributed by atoms with Gasteiger partial charge in [0, 0.05) is 13.2 Å². The Bertz CT molecular complexity index is 959. The zero-order chi connectivity index (χ0) is 20.1. The van der Waals surface area contributed by atoms with Gasteiger partial charge in [-0.25, -0.2) is 8.42 Å². The normalized spacial score (nSPS) is 16.6. The average molecular weight is 469 g/mol. The highest BCUT2D eigenvalue weighted by Crippen LogP contribution is 2.29. The minimum absolute atomic E-state index is 0.00412. The third-order valence-corrected chi connectivity index (χ3v) is 6.35. The number of anilines is 1. The van der Waals surface area contributed by atoms with Gasteiger partial charge in [-0.1, -0.05) is 12.1 Å². The van der Waals surface area contributed by atoms with Crippen molar-refractivity contribution in [1.29, 1.82) is 0 Å². The molecule has 0 radical (unpaired) electrons. The first-order chi connectivity index (χ1) is 13.4. The first-order valence-electron chi connectivity index (χ1n) is 8.76. The number of ether oxygens (including phenoxy) is 2. The van der Waals surface area contributed by atoms with Crippen molar-refractivity contribution in [2.45, 2.75) is 23.8 Å². The van der Waals surface area contributed by atoms with Crippen LogP contribution in [0.2, 0.25) is 0 Å². The van der Waals surface area contributed by atoms with E-state index < -0.39 is 10.0 Å². The number of sulfonamides is 1. The monoisotopic (exact) mass is 468 g/mol. The summed E-state index contributed by atoms with van der Waals surface area (Å²) in [6.45, 7) is 1.10. The van der Waals surface area contributed by atoms with Crippen LogP contribution in [0.1, 0.15) is 23.2 Å². The predicted molar refractivity (Wildman–Crippen MR) is 109 cm³/mol. The third-order valence-electron chi connectivity index (χ3n) is 4.36. The molecule has 1 heterocycles. The third kappa shape index (κ3) is 4.84. The van der Waals surface area contributed by atoms with Gasteiger partial charge in [0.1, 0.15) is 5.75 Å². The summed E-state index contributed by atoms with van der Waals surface area (Å²) < 4.78 is 39.2. The summed E-state index contributed by atoms with van der Waals surface area (Å²) in [6.07, 6.45) is 1.89. The van der Waals surface area contributed by atoms with E-state index in [9.17, 15) is 13.2 Å². The fourth-order valence-electron chi connectivity index (χ4n) is 2.90. The van der Waals surface area contributed by atoms with E-state index in [1.54, 1.807) is 30.3 Å². The second-order valence-electron chi connectivity index (χ2n) is 6.29. The van der Waals surface area contributed by atoms with Crippen molar-refractivity contribution >= 4 is 37.5 Å². The van der Waals surface area contributed by atoms with E-state index in [0.29, 0.717) is 23.4 Å². The number of halogens is 1. The summed E-state index contributed by atoms with van der Waals surface area (Å²) in [4.78, 5) is 12.6. The minimum Gasteiger partial charge on any atom is -0.496 e. The summed E-state index contributed by atoms with van der Waals surface area (Å²) in [7, 11) is -2.39. The number of carbonyl (C=O) groups is 1. The lowest BCUT2D eigenvalue weighted by atomic mass is 10.1. The Morgan fingerprint density at radius 1 is 1.29 bits per heavy atom. The summed E-state index contributed by atoms with van der Waals surface area (Å²) >= 11 is 3.28. The largest absolute Gasteiger partial charge is 0.496 e. The van der Waals surface area contributed by atoms with E-state index in [2.05, 4.69) is 26.0 Å². The average Bonchev–Trinajstić information content (AvgIpc) is 3.20. The van der Waals surface area contributed by atoms with Crippen LogP contribution in [-0.4, -0.2) is 40.7 Å². The van der Waals surface area contributed by atoms with Crippen molar-refractivity contribution in [1.82, 2.24) is 5.32 Å². The Hall–Kier alpha value is -2.10. The molecule has 0 unspecified atom stereocenters. The molecule has 1 atom stereocenters. The molecule has 0 saturated carbocycles. The second kappa shape index (κ2) is 8.93. The zero-order valence-corrected chi connectivity index (χ0v) is 17.7. The number of hydrogen-bond acceptors (Lipinski definition) is 5. The molecule has 1 amide bonds. The Labute approximate surface area is 172 Å². The molecule has 3 rings (SSSR count). The predicted octanol–water partition coefficient (Wildman–Crippen LogP) is 3.17. The zero-order valence-electron chi connectivity index (χ0n) is 15.3. The van der Waals surface area contributed by atoms with Crippen molar-refractivity contribution in [3.05, 3.63) is 52.5 Å². The van der Waals surface area contributed by atoms with E-state index in [4.69, 9.17) is 9.47 Å². The van der Waals surface area contributed by atoms with Crippen molar-refractivity contribution in [3.63, 3.8) is 0 Å². The molecule has 2 N–H and O–H groups in total. The SMILES string of the molecule is COc1ccc(S(=O)(=O)Nc2ccccc2C(=O)NC[C@@H]2CCCO2)cc1Br. The first kappa shape index (κ1) is 20.6. The molecular weight excluding hydrogens is 448 g/mol. The second-order valence-corrected chi connectivity index (χ2v) is 8.83. The molecule has 0 aliphatic carbocycles. The van der Waals surface area contributed by atoms with E-state index in [1.165, 1.54) is 19.2 Å². The lowest BCUT2D eigenvalue weighted by Gasteiger charge is -2.15. The van der Waals surface area contributed by atoms with E-state index in [1.807, 2.05) is 0 Å². The van der Waals surface area contributed by atoms with E-state index in [-0.39, 0.29) is 28.2 Å². The van der Waals surface area contributed by atoms with Gasteiger partial charge in [-0.05, 0) is 59.1 Å². The molecule has 0 aromatic heterocycles. The number of carbonyl (C=O) groups excluding carboxylic acids is 1. The molecule has 150 valence electrons. The van der Waals surface area contributed by atoms with Gasteiger partial charge in [0.15, 0.2) is 0 Å². The Kier molecular flexibility index (Phi) is 6.58. The Morgan fingerprint density at radius 3 is 2.75 bits per heavy atom. The highest BCUT2D eigenvalue weighted by molar-refractivity contribution is 9.10. The van der Waals surface area contributed by atoms with Crippen LogP contribution in [0.15, 0.2) is 51.8 Å². The van der Waals surface area contributed by atoms with Gasteiger partial charge in [-0.2, -0.15) is 0 Å². The molecule has 2 aromatic carbocycles. The van der Waals surface area contributed by atoms with Crippen molar-refractivity contribution in [2.75, 3.05) is 25.0 Å². The van der Waals surface area contributed by atoms with Crippen molar-refractivity contribution in [2.24, 2.45) is 0 Å². The number of hydrogen-bond donors (Lipinski definition) is 2. The van der Waals surface area contributed by atoms with Crippen molar-refractivity contribution in [3.8, 4) is 5.75 Å². The molecule has 1 fully saturated rings. The summed E-state index contributed by atoms with van der Waals surface area (Å²) in [6, 6.07) is 10.9. The van der Waals surface area contributed by atoms with Crippen molar-refractivity contribution < 1.29 is 22.7 Å². The highest BCUT2D eigenvalue weighted by atomic mass is 79.9. The van der Waals surface area contributed by atoms with Gasteiger partial charge in [0.25, 0.3) is 15.9 Å². The topological polar surface area (TPSA) is 93.7 Å². The molecule has 0 bridgehead atoms. The van der Waals surface area contributed by atoms with Gasteiger partial charge >= 0.3 is 0 Å². The number of nitrogens with one attached hydrogen (secondary N) is 2. The fourth-order valence-corrected chi connectivity index (χ4v) is 4.69. The van der Waals surface area contributed by atoms with E-state index in [0.717, 1.165) is 12.8 Å². The molecular formula is C19H21BrN2O5S. The molecule has 28 heavy (non-hydrogen) atoms. The van der Waals surface area contributed by atoms with Crippen LogP contribution in [0.4, 0.5) is 5.69 Å². The van der Waals surface area contributed by atoms with Crippen LogP contribution in [0.5, 0.6) is 5.75 Å². The number of benzene rings is 2. The van der Waals surface area contributed by atoms with E-state index >= 15 is 0 Å². The lowest BCUT2D eigenvalue weighted by molar-refractivity contribution is 0.0858. The lowest BCUT2D eigenvalue weighted by Crippen LogP contribution is -2.32. The molecule has 0 spiro atoms. The van der Waals surface area contributed by atoms with Crippen LogP contribution < -0.4 is 14.8 Å². The highest BCUT2D eigenvalue weighted by Gasteiger charge is 2.21. The Morgan fingerprint density at radius 2 is 2.07 bits per heavy atom. The quantitative estimate of drug-likeness (QED) is 0.650.